The van der Waals surface area contributed by atoms with E-state index in [9.17, 15) is 9.59 Å². The number of benzene rings is 2. The van der Waals surface area contributed by atoms with Crippen molar-refractivity contribution in [1.82, 2.24) is 4.90 Å². The van der Waals surface area contributed by atoms with E-state index in [1.165, 1.54) is 24.1 Å². The van der Waals surface area contributed by atoms with Crippen LogP contribution in [0.25, 0.3) is 0 Å². The molecule has 0 fully saturated rings. The van der Waals surface area contributed by atoms with E-state index in [1.54, 1.807) is 38.3 Å². The predicted octanol–water partition coefficient (Wildman–Crippen LogP) is 4.11. The molecule has 0 aliphatic rings. The molecule has 0 atom stereocenters. The van der Waals surface area contributed by atoms with E-state index < -0.39 is 0 Å². The van der Waals surface area contributed by atoms with Crippen LogP contribution >= 0.6 is 23.2 Å². The summed E-state index contributed by atoms with van der Waals surface area (Å²) in [5.74, 6) is 0.237. The van der Waals surface area contributed by atoms with Gasteiger partial charge in [-0.05, 0) is 31.2 Å². The topological polar surface area (TPSA) is 67.9 Å². The summed E-state index contributed by atoms with van der Waals surface area (Å²) in [7, 11) is 2.99. The number of anilines is 1. The van der Waals surface area contributed by atoms with Gasteiger partial charge in [0.05, 0.1) is 24.3 Å². The molecule has 2 aromatic rings. The first-order valence-corrected chi connectivity index (χ1v) is 8.91. The van der Waals surface area contributed by atoms with Gasteiger partial charge in [0.25, 0.3) is 5.91 Å². The van der Waals surface area contributed by atoms with Crippen LogP contribution in [-0.4, -0.2) is 44.0 Å². The summed E-state index contributed by atoms with van der Waals surface area (Å²) in [6, 6.07) is 9.91. The second kappa shape index (κ2) is 9.48. The minimum absolute atomic E-state index is 0.117. The minimum Gasteiger partial charge on any atom is -0.497 e. The maximum absolute atomic E-state index is 12.7. The Kier molecular flexibility index (Phi) is 7.33. The van der Waals surface area contributed by atoms with E-state index in [0.717, 1.165) is 0 Å². The second-order valence-electron chi connectivity index (χ2n) is 5.57. The number of hydrogen-bond acceptors (Lipinski definition) is 4. The molecule has 0 spiro atoms. The first-order chi connectivity index (χ1) is 12.9. The van der Waals surface area contributed by atoms with Gasteiger partial charge in [0.2, 0.25) is 5.91 Å². The third kappa shape index (κ3) is 5.28. The number of halogens is 2. The summed E-state index contributed by atoms with van der Waals surface area (Å²) in [5, 5.41) is 3.20. The Balaban J connectivity index is 2.11. The van der Waals surface area contributed by atoms with Gasteiger partial charge in [-0.3, -0.25) is 9.59 Å². The molecule has 0 aromatic heterocycles. The van der Waals surface area contributed by atoms with E-state index in [-0.39, 0.29) is 34.0 Å². The fourth-order valence-electron chi connectivity index (χ4n) is 2.46. The molecule has 0 aliphatic heterocycles. The molecule has 1 N–H and O–H groups in total. The minimum atomic E-state index is -0.357. The smallest absolute Gasteiger partial charge is 0.254 e. The van der Waals surface area contributed by atoms with Crippen LogP contribution in [0.3, 0.4) is 0 Å². The number of carbonyl (C=O) groups excluding carboxylic acids is 2. The van der Waals surface area contributed by atoms with E-state index in [2.05, 4.69) is 5.32 Å². The maximum Gasteiger partial charge on any atom is 0.254 e. The number of hydrogen-bond donors (Lipinski definition) is 1. The molecule has 0 heterocycles. The van der Waals surface area contributed by atoms with E-state index >= 15 is 0 Å². The van der Waals surface area contributed by atoms with Crippen LogP contribution in [0.15, 0.2) is 36.4 Å². The fraction of sp³-hybridized carbons (Fsp3) is 0.263. The molecular weight excluding hydrogens is 391 g/mol. The van der Waals surface area contributed by atoms with Crippen LogP contribution in [-0.2, 0) is 4.79 Å². The molecule has 0 saturated heterocycles. The summed E-state index contributed by atoms with van der Waals surface area (Å²) in [6.07, 6.45) is 0. The normalized spacial score (nSPS) is 10.3. The zero-order chi connectivity index (χ0) is 20.0. The lowest BCUT2D eigenvalue weighted by atomic mass is 10.2. The Morgan fingerprint density at radius 2 is 1.74 bits per heavy atom. The summed E-state index contributed by atoms with van der Waals surface area (Å²) < 4.78 is 10.2. The summed E-state index contributed by atoms with van der Waals surface area (Å²) in [4.78, 5) is 26.5. The molecular formula is C19H20Cl2N2O4. The molecule has 2 rings (SSSR count). The molecule has 2 amide bonds. The SMILES string of the molecule is CCN(CC(=O)Nc1cccc(OC)c1)C(=O)c1cc(Cl)c(OC)c(Cl)c1. The number of likely N-dealkylation sites (N-methyl/N-ethyl adjacent to an activating group) is 1. The van der Waals surface area contributed by atoms with Crippen LogP contribution in [0, 0.1) is 0 Å². The van der Waals surface area contributed by atoms with Crippen molar-refractivity contribution < 1.29 is 19.1 Å². The van der Waals surface area contributed by atoms with Crippen molar-refractivity contribution in [1.29, 1.82) is 0 Å². The maximum atomic E-state index is 12.7. The Morgan fingerprint density at radius 3 is 2.30 bits per heavy atom. The standard InChI is InChI=1S/C19H20Cl2N2O4/c1-4-23(11-17(24)22-13-6-5-7-14(10-13)26-2)19(25)12-8-15(20)18(27-3)16(21)9-12/h5-10H,4,11H2,1-3H3,(H,22,24). The van der Waals surface area contributed by atoms with Gasteiger partial charge in [0.1, 0.15) is 12.3 Å². The van der Waals surface area contributed by atoms with Crippen molar-refractivity contribution in [2.45, 2.75) is 6.92 Å². The predicted molar refractivity (Wildman–Crippen MR) is 106 cm³/mol. The third-order valence-corrected chi connectivity index (χ3v) is 4.37. The highest BCUT2D eigenvalue weighted by atomic mass is 35.5. The van der Waals surface area contributed by atoms with Crippen molar-refractivity contribution in [3.8, 4) is 11.5 Å². The van der Waals surface area contributed by atoms with E-state index in [1.807, 2.05) is 0 Å². The number of amides is 2. The average molecular weight is 411 g/mol. The molecule has 2 aromatic carbocycles. The van der Waals surface area contributed by atoms with Gasteiger partial charge in [-0.1, -0.05) is 29.3 Å². The van der Waals surface area contributed by atoms with Crippen molar-refractivity contribution in [3.63, 3.8) is 0 Å². The summed E-state index contributed by atoms with van der Waals surface area (Å²) in [5.41, 5.74) is 0.861. The van der Waals surface area contributed by atoms with Crippen molar-refractivity contribution >= 4 is 40.7 Å². The molecule has 8 heteroatoms. The lowest BCUT2D eigenvalue weighted by Crippen LogP contribution is -2.37. The zero-order valence-corrected chi connectivity index (χ0v) is 16.7. The number of methoxy groups -OCH3 is 2. The van der Waals surface area contributed by atoms with Gasteiger partial charge in [-0.25, -0.2) is 0 Å². The van der Waals surface area contributed by atoms with Gasteiger partial charge >= 0.3 is 0 Å². The number of carbonyl (C=O) groups is 2. The number of rotatable bonds is 7. The fourth-order valence-corrected chi connectivity index (χ4v) is 3.10. The monoisotopic (exact) mass is 410 g/mol. The summed E-state index contributed by atoms with van der Waals surface area (Å²) in [6.45, 7) is 2.00. The Bertz CT molecular complexity index is 819. The molecule has 0 aliphatic carbocycles. The molecule has 27 heavy (non-hydrogen) atoms. The number of ether oxygens (including phenoxy) is 2. The highest BCUT2D eigenvalue weighted by molar-refractivity contribution is 6.37. The van der Waals surface area contributed by atoms with Gasteiger partial charge in [0, 0.05) is 23.9 Å². The zero-order valence-electron chi connectivity index (χ0n) is 15.2. The second-order valence-corrected chi connectivity index (χ2v) is 6.39. The van der Waals surface area contributed by atoms with Crippen LogP contribution in [0.5, 0.6) is 11.5 Å². The number of nitrogens with zero attached hydrogens (tertiary/aromatic N) is 1. The van der Waals surface area contributed by atoms with Gasteiger partial charge < -0.3 is 19.7 Å². The molecule has 144 valence electrons. The Morgan fingerprint density at radius 1 is 1.07 bits per heavy atom. The first-order valence-electron chi connectivity index (χ1n) is 8.15. The van der Waals surface area contributed by atoms with Crippen LogP contribution in [0.4, 0.5) is 5.69 Å². The molecule has 0 radical (unpaired) electrons. The average Bonchev–Trinajstić information content (AvgIpc) is 2.65. The molecule has 0 saturated carbocycles. The molecule has 0 unspecified atom stereocenters. The van der Waals surface area contributed by atoms with Crippen molar-refractivity contribution in [3.05, 3.63) is 52.0 Å². The van der Waals surface area contributed by atoms with Crippen LogP contribution in [0.2, 0.25) is 10.0 Å². The number of nitrogens with one attached hydrogen (secondary N) is 1. The molecule has 6 nitrogen and oxygen atoms in total. The van der Waals surface area contributed by atoms with E-state index in [0.29, 0.717) is 23.7 Å². The van der Waals surface area contributed by atoms with Crippen molar-refractivity contribution in [2.75, 3.05) is 32.6 Å². The Hall–Kier alpha value is -2.44. The third-order valence-electron chi connectivity index (χ3n) is 3.81. The lowest BCUT2D eigenvalue weighted by molar-refractivity contribution is -0.116. The first kappa shape index (κ1) is 20.9. The van der Waals surface area contributed by atoms with Gasteiger partial charge in [0.15, 0.2) is 5.75 Å². The van der Waals surface area contributed by atoms with Crippen LogP contribution < -0.4 is 14.8 Å². The lowest BCUT2D eigenvalue weighted by Gasteiger charge is -2.21. The Labute approximate surface area is 168 Å². The van der Waals surface area contributed by atoms with Crippen molar-refractivity contribution in [2.24, 2.45) is 0 Å². The van der Waals surface area contributed by atoms with Gasteiger partial charge in [-0.15, -0.1) is 0 Å². The van der Waals surface area contributed by atoms with Crippen LogP contribution in [0.1, 0.15) is 17.3 Å². The van der Waals surface area contributed by atoms with Gasteiger partial charge in [-0.2, -0.15) is 0 Å². The molecule has 0 bridgehead atoms. The van der Waals surface area contributed by atoms with E-state index in [4.69, 9.17) is 32.7 Å². The quantitative estimate of drug-likeness (QED) is 0.745. The summed E-state index contributed by atoms with van der Waals surface area (Å²) >= 11 is 12.2. The largest absolute Gasteiger partial charge is 0.497 e. The highest BCUT2D eigenvalue weighted by Crippen LogP contribution is 2.34. The highest BCUT2D eigenvalue weighted by Gasteiger charge is 2.20.